The van der Waals surface area contributed by atoms with Crippen molar-refractivity contribution in [3.8, 4) is 0 Å². The van der Waals surface area contributed by atoms with Crippen LogP contribution in [0.15, 0.2) is 6.20 Å². The molecule has 154 valence electrons. The van der Waals surface area contributed by atoms with E-state index in [-0.39, 0.29) is 11.8 Å². The lowest BCUT2D eigenvalue weighted by atomic mass is 10.1. The molecule has 1 aliphatic carbocycles. The molecule has 8 nitrogen and oxygen atoms in total. The summed E-state index contributed by atoms with van der Waals surface area (Å²) in [6.07, 6.45) is 6.42. The van der Waals surface area contributed by atoms with Gasteiger partial charge in [-0.15, -0.1) is 11.3 Å². The number of rotatable bonds is 7. The van der Waals surface area contributed by atoms with Gasteiger partial charge in [-0.25, -0.2) is 15.0 Å². The minimum Gasteiger partial charge on any atom is -0.351 e. The Balaban J connectivity index is 1.46. The van der Waals surface area contributed by atoms with E-state index in [1.165, 1.54) is 11.3 Å². The summed E-state index contributed by atoms with van der Waals surface area (Å²) >= 11 is 1.39. The molecule has 0 bridgehead atoms. The van der Waals surface area contributed by atoms with Gasteiger partial charge in [-0.3, -0.25) is 9.59 Å². The third-order valence-corrected chi connectivity index (χ3v) is 6.23. The number of nitrogens with one attached hydrogen (secondary N) is 2. The van der Waals surface area contributed by atoms with Crippen LogP contribution in [0.1, 0.15) is 62.1 Å². The number of carbonyl (C=O) groups excluding carboxylic acids is 2. The SMILES string of the molecule is Cc1nc(C)c(C(=O)NCCc2nc(NC3CC3)ncc2C(=O)N2CCCC2)s1. The van der Waals surface area contributed by atoms with E-state index >= 15 is 0 Å². The Labute approximate surface area is 174 Å². The molecule has 2 aromatic rings. The molecule has 0 unspecified atom stereocenters. The van der Waals surface area contributed by atoms with Crippen molar-refractivity contribution >= 4 is 29.1 Å². The first-order valence-corrected chi connectivity index (χ1v) is 11.0. The summed E-state index contributed by atoms with van der Waals surface area (Å²) < 4.78 is 0. The van der Waals surface area contributed by atoms with Crippen LogP contribution < -0.4 is 10.6 Å². The average Bonchev–Trinajstić information content (AvgIpc) is 3.20. The zero-order valence-corrected chi connectivity index (χ0v) is 17.6. The number of likely N-dealkylation sites (tertiary alicyclic amines) is 1. The Morgan fingerprint density at radius 2 is 1.97 bits per heavy atom. The Hall–Kier alpha value is -2.55. The second kappa shape index (κ2) is 8.44. The number of amides is 2. The summed E-state index contributed by atoms with van der Waals surface area (Å²) in [5.41, 5.74) is 1.96. The van der Waals surface area contributed by atoms with Crippen molar-refractivity contribution in [2.45, 2.75) is 52.0 Å². The fraction of sp³-hybridized carbons (Fsp3) is 0.550. The van der Waals surface area contributed by atoms with Gasteiger partial charge in [0.05, 0.1) is 22.0 Å². The lowest BCUT2D eigenvalue weighted by Gasteiger charge is -2.17. The fourth-order valence-electron chi connectivity index (χ4n) is 3.47. The average molecular weight is 415 g/mol. The van der Waals surface area contributed by atoms with Gasteiger partial charge in [-0.2, -0.15) is 0 Å². The minimum atomic E-state index is -0.133. The molecule has 2 fully saturated rings. The number of hydrogen-bond acceptors (Lipinski definition) is 7. The zero-order chi connectivity index (χ0) is 20.4. The molecule has 4 rings (SSSR count). The predicted molar refractivity (Wildman–Crippen MR) is 111 cm³/mol. The highest BCUT2D eigenvalue weighted by molar-refractivity contribution is 7.13. The topological polar surface area (TPSA) is 100 Å². The first-order valence-electron chi connectivity index (χ1n) is 10.1. The number of aromatic nitrogens is 3. The molecule has 3 heterocycles. The molecule has 1 aliphatic heterocycles. The Kier molecular flexibility index (Phi) is 5.75. The second-order valence-corrected chi connectivity index (χ2v) is 8.83. The maximum Gasteiger partial charge on any atom is 0.263 e. The summed E-state index contributed by atoms with van der Waals surface area (Å²) in [7, 11) is 0. The Bertz CT molecular complexity index is 918. The van der Waals surface area contributed by atoms with Crippen LogP contribution in [0.25, 0.3) is 0 Å². The molecule has 2 aliphatic rings. The maximum atomic E-state index is 12.9. The van der Waals surface area contributed by atoms with Crippen molar-refractivity contribution in [2.75, 3.05) is 25.0 Å². The predicted octanol–water partition coefficient (Wildman–Crippen LogP) is 2.33. The molecule has 2 amide bonds. The molecule has 9 heteroatoms. The molecule has 0 radical (unpaired) electrons. The van der Waals surface area contributed by atoms with E-state index in [0.29, 0.717) is 41.1 Å². The van der Waals surface area contributed by atoms with Crippen LogP contribution in [0.3, 0.4) is 0 Å². The third-order valence-electron chi connectivity index (χ3n) is 5.16. The molecular weight excluding hydrogens is 388 g/mol. The Morgan fingerprint density at radius 1 is 1.21 bits per heavy atom. The maximum absolute atomic E-state index is 12.9. The van der Waals surface area contributed by atoms with E-state index in [2.05, 4.69) is 25.6 Å². The first-order chi connectivity index (χ1) is 14.0. The van der Waals surface area contributed by atoms with Crippen LogP contribution in [0.2, 0.25) is 0 Å². The monoisotopic (exact) mass is 414 g/mol. The van der Waals surface area contributed by atoms with E-state index in [9.17, 15) is 9.59 Å². The van der Waals surface area contributed by atoms with Gasteiger partial charge in [0.15, 0.2) is 0 Å². The third kappa shape index (κ3) is 4.72. The molecule has 1 saturated carbocycles. The van der Waals surface area contributed by atoms with Crippen molar-refractivity contribution in [3.63, 3.8) is 0 Å². The zero-order valence-electron chi connectivity index (χ0n) is 16.8. The van der Waals surface area contributed by atoms with Gasteiger partial charge < -0.3 is 15.5 Å². The number of carbonyl (C=O) groups is 2. The lowest BCUT2D eigenvalue weighted by molar-refractivity contribution is 0.0790. The lowest BCUT2D eigenvalue weighted by Crippen LogP contribution is -2.30. The molecule has 2 N–H and O–H groups in total. The van der Waals surface area contributed by atoms with Crippen molar-refractivity contribution in [2.24, 2.45) is 0 Å². The van der Waals surface area contributed by atoms with Gasteiger partial charge in [-0.05, 0) is 39.5 Å². The first kappa shape index (κ1) is 19.8. The molecule has 29 heavy (non-hydrogen) atoms. The van der Waals surface area contributed by atoms with Gasteiger partial charge in [-0.1, -0.05) is 0 Å². The highest BCUT2D eigenvalue weighted by Gasteiger charge is 2.25. The van der Waals surface area contributed by atoms with Gasteiger partial charge in [0, 0.05) is 38.3 Å². The minimum absolute atomic E-state index is 0.0178. The van der Waals surface area contributed by atoms with Crippen LogP contribution in [0.5, 0.6) is 0 Å². The normalized spacial score (nSPS) is 16.1. The van der Waals surface area contributed by atoms with Crippen molar-refractivity contribution < 1.29 is 9.59 Å². The van der Waals surface area contributed by atoms with Crippen molar-refractivity contribution in [3.05, 3.63) is 33.0 Å². The van der Waals surface area contributed by atoms with Gasteiger partial charge in [0.25, 0.3) is 11.8 Å². The van der Waals surface area contributed by atoms with Crippen molar-refractivity contribution in [1.82, 2.24) is 25.2 Å². The van der Waals surface area contributed by atoms with Gasteiger partial charge >= 0.3 is 0 Å². The summed E-state index contributed by atoms with van der Waals surface area (Å²) in [5, 5.41) is 7.09. The van der Waals surface area contributed by atoms with Crippen LogP contribution in [0.4, 0.5) is 5.95 Å². The van der Waals surface area contributed by atoms with Crippen LogP contribution in [-0.2, 0) is 6.42 Å². The molecule has 2 aromatic heterocycles. The smallest absolute Gasteiger partial charge is 0.263 e. The molecule has 0 aromatic carbocycles. The quantitative estimate of drug-likeness (QED) is 0.721. The van der Waals surface area contributed by atoms with Crippen LogP contribution in [-0.4, -0.2) is 57.3 Å². The molecular formula is C20H26N6O2S. The fourth-order valence-corrected chi connectivity index (χ4v) is 4.31. The largest absolute Gasteiger partial charge is 0.351 e. The number of anilines is 1. The molecule has 0 spiro atoms. The summed E-state index contributed by atoms with van der Waals surface area (Å²) in [6.45, 7) is 5.68. The van der Waals surface area contributed by atoms with Gasteiger partial charge in [0.2, 0.25) is 5.95 Å². The van der Waals surface area contributed by atoms with Crippen LogP contribution >= 0.6 is 11.3 Å². The van der Waals surface area contributed by atoms with E-state index < -0.39 is 0 Å². The van der Waals surface area contributed by atoms with Crippen LogP contribution in [0, 0.1) is 13.8 Å². The Morgan fingerprint density at radius 3 is 2.62 bits per heavy atom. The van der Waals surface area contributed by atoms with E-state index in [1.807, 2.05) is 18.7 Å². The van der Waals surface area contributed by atoms with E-state index in [0.717, 1.165) is 49.5 Å². The summed E-state index contributed by atoms with van der Waals surface area (Å²) in [6, 6.07) is 0.431. The standard InChI is InChI=1S/C20H26N6O2S/c1-12-17(29-13(2)23-12)18(27)21-8-7-16-15(19(28)26-9-3-4-10-26)11-22-20(25-16)24-14-5-6-14/h11,14H,3-10H2,1-2H3,(H,21,27)(H,22,24,25). The summed E-state index contributed by atoms with van der Waals surface area (Å²) in [5.74, 6) is 0.405. The highest BCUT2D eigenvalue weighted by Crippen LogP contribution is 2.24. The number of nitrogens with zero attached hydrogens (tertiary/aromatic N) is 4. The molecule has 1 saturated heterocycles. The summed E-state index contributed by atoms with van der Waals surface area (Å²) in [4.78, 5) is 41.1. The second-order valence-electron chi connectivity index (χ2n) is 7.63. The molecule has 0 atom stereocenters. The van der Waals surface area contributed by atoms with E-state index in [4.69, 9.17) is 0 Å². The number of aryl methyl sites for hydroxylation is 2. The number of hydrogen-bond donors (Lipinski definition) is 2. The highest BCUT2D eigenvalue weighted by atomic mass is 32.1. The van der Waals surface area contributed by atoms with Crippen molar-refractivity contribution in [1.29, 1.82) is 0 Å². The van der Waals surface area contributed by atoms with E-state index in [1.54, 1.807) is 6.20 Å². The van der Waals surface area contributed by atoms with Gasteiger partial charge in [0.1, 0.15) is 4.88 Å². The number of thiazole rings is 1.